The summed E-state index contributed by atoms with van der Waals surface area (Å²) < 4.78 is 13.4. The second kappa shape index (κ2) is 7.74. The number of nitrogens with zero attached hydrogens (tertiary/aromatic N) is 2. The fourth-order valence-corrected chi connectivity index (χ4v) is 2.80. The van der Waals surface area contributed by atoms with Gasteiger partial charge in [0.25, 0.3) is 0 Å². The number of hydrogen-bond donors (Lipinski definition) is 2. The molecule has 0 saturated carbocycles. The molecule has 25 heavy (non-hydrogen) atoms. The van der Waals surface area contributed by atoms with E-state index >= 15 is 0 Å². The third-order valence-electron chi connectivity index (χ3n) is 4.07. The number of anilines is 1. The summed E-state index contributed by atoms with van der Waals surface area (Å²) in [6.07, 6.45) is 4.60. The number of benzene rings is 1. The fraction of sp³-hybridized carbons (Fsp3) is 0.278. The maximum absolute atomic E-state index is 13.4. The molecule has 2 heterocycles. The Hall–Kier alpha value is -2.96. The molecule has 1 atom stereocenters. The van der Waals surface area contributed by atoms with E-state index < -0.39 is 17.9 Å². The van der Waals surface area contributed by atoms with Crippen molar-refractivity contribution >= 4 is 17.6 Å². The van der Waals surface area contributed by atoms with Gasteiger partial charge in [-0.3, -0.25) is 9.78 Å². The predicted molar refractivity (Wildman–Crippen MR) is 91.4 cm³/mol. The highest BCUT2D eigenvalue weighted by Gasteiger charge is 2.30. The first-order valence-electron chi connectivity index (χ1n) is 8.14. The smallest absolute Gasteiger partial charge is 0.315 e. The summed E-state index contributed by atoms with van der Waals surface area (Å²) in [5, 5.41) is 5.42. The van der Waals surface area contributed by atoms with E-state index in [0.717, 1.165) is 12.0 Å². The van der Waals surface area contributed by atoms with Crippen molar-refractivity contribution in [2.24, 2.45) is 0 Å². The van der Waals surface area contributed by atoms with Crippen LogP contribution in [0.1, 0.15) is 18.4 Å². The average molecular weight is 342 g/mol. The van der Waals surface area contributed by atoms with Gasteiger partial charge in [0.15, 0.2) is 0 Å². The quantitative estimate of drug-likeness (QED) is 0.895. The number of rotatable bonds is 4. The molecule has 0 unspecified atom stereocenters. The number of amides is 3. The number of nitrogens with one attached hydrogen (secondary N) is 2. The Morgan fingerprint density at radius 2 is 2.08 bits per heavy atom. The summed E-state index contributed by atoms with van der Waals surface area (Å²) in [6, 6.07) is 8.49. The Kier molecular flexibility index (Phi) is 5.23. The minimum atomic E-state index is -0.616. The number of carbonyl (C=O) groups is 2. The van der Waals surface area contributed by atoms with Gasteiger partial charge in [-0.1, -0.05) is 6.07 Å². The summed E-state index contributed by atoms with van der Waals surface area (Å²) in [6.45, 7) is 0.863. The SMILES string of the molecule is O=C(NCc1ccncc1)N[C@@H]1CCCN(c2cccc(F)c2)C1=O. The largest absolute Gasteiger partial charge is 0.334 e. The highest BCUT2D eigenvalue weighted by Crippen LogP contribution is 2.21. The van der Waals surface area contributed by atoms with Crippen LogP contribution in [0.4, 0.5) is 14.9 Å². The number of halogens is 1. The van der Waals surface area contributed by atoms with E-state index in [0.29, 0.717) is 25.2 Å². The van der Waals surface area contributed by atoms with E-state index in [9.17, 15) is 14.0 Å². The van der Waals surface area contributed by atoms with Gasteiger partial charge in [0, 0.05) is 31.2 Å². The van der Waals surface area contributed by atoms with Gasteiger partial charge in [-0.25, -0.2) is 9.18 Å². The van der Waals surface area contributed by atoms with Gasteiger partial charge < -0.3 is 15.5 Å². The van der Waals surface area contributed by atoms with Crippen LogP contribution < -0.4 is 15.5 Å². The molecule has 2 N–H and O–H groups in total. The highest BCUT2D eigenvalue weighted by atomic mass is 19.1. The van der Waals surface area contributed by atoms with Crippen molar-refractivity contribution in [3.8, 4) is 0 Å². The normalized spacial score (nSPS) is 17.2. The molecule has 0 bridgehead atoms. The number of carbonyl (C=O) groups excluding carboxylic acids is 2. The van der Waals surface area contributed by atoms with Crippen LogP contribution in [-0.2, 0) is 11.3 Å². The molecule has 6 nitrogen and oxygen atoms in total. The summed E-state index contributed by atoms with van der Waals surface area (Å²) in [5.74, 6) is -0.619. The van der Waals surface area contributed by atoms with Crippen LogP contribution >= 0.6 is 0 Å². The number of hydrogen-bond acceptors (Lipinski definition) is 3. The highest BCUT2D eigenvalue weighted by molar-refractivity contribution is 5.99. The van der Waals surface area contributed by atoms with Crippen LogP contribution in [0.2, 0.25) is 0 Å². The van der Waals surface area contributed by atoms with Crippen molar-refractivity contribution in [3.05, 3.63) is 60.2 Å². The number of piperidine rings is 1. The number of aromatic nitrogens is 1. The average Bonchev–Trinajstić information content (AvgIpc) is 2.63. The zero-order chi connectivity index (χ0) is 17.6. The fourth-order valence-electron chi connectivity index (χ4n) is 2.80. The summed E-state index contributed by atoms with van der Waals surface area (Å²) in [5.41, 5.74) is 1.43. The van der Waals surface area contributed by atoms with Crippen LogP contribution in [0.5, 0.6) is 0 Å². The third kappa shape index (κ3) is 4.32. The van der Waals surface area contributed by atoms with Crippen LogP contribution in [0.3, 0.4) is 0 Å². The maximum Gasteiger partial charge on any atom is 0.315 e. The lowest BCUT2D eigenvalue weighted by molar-refractivity contribution is -0.121. The first-order valence-corrected chi connectivity index (χ1v) is 8.14. The number of urea groups is 1. The summed E-state index contributed by atoms with van der Waals surface area (Å²) >= 11 is 0. The van der Waals surface area contributed by atoms with Crippen LogP contribution in [-0.4, -0.2) is 29.5 Å². The lowest BCUT2D eigenvalue weighted by Crippen LogP contribution is -2.54. The minimum absolute atomic E-state index is 0.226. The van der Waals surface area contributed by atoms with E-state index in [-0.39, 0.29) is 5.91 Å². The Balaban J connectivity index is 1.58. The van der Waals surface area contributed by atoms with E-state index in [4.69, 9.17) is 0 Å². The molecule has 130 valence electrons. The molecule has 1 aliphatic rings. The van der Waals surface area contributed by atoms with Crippen LogP contribution in [0.15, 0.2) is 48.8 Å². The van der Waals surface area contributed by atoms with E-state index in [1.165, 1.54) is 17.0 Å². The monoisotopic (exact) mass is 342 g/mol. The first-order chi connectivity index (χ1) is 12.1. The van der Waals surface area contributed by atoms with Gasteiger partial charge in [0.1, 0.15) is 11.9 Å². The zero-order valence-electron chi connectivity index (χ0n) is 13.6. The van der Waals surface area contributed by atoms with Crippen LogP contribution in [0.25, 0.3) is 0 Å². The van der Waals surface area contributed by atoms with Crippen molar-refractivity contribution in [1.29, 1.82) is 0 Å². The summed E-state index contributed by atoms with van der Waals surface area (Å²) in [4.78, 5) is 30.1. The first kappa shape index (κ1) is 16.9. The molecule has 0 radical (unpaired) electrons. The van der Waals surface area contributed by atoms with Crippen molar-refractivity contribution < 1.29 is 14.0 Å². The molecule has 1 aromatic carbocycles. The van der Waals surface area contributed by atoms with Gasteiger partial charge in [0.05, 0.1) is 0 Å². The summed E-state index contributed by atoms with van der Waals surface area (Å²) in [7, 11) is 0. The lowest BCUT2D eigenvalue weighted by Gasteiger charge is -2.32. The van der Waals surface area contributed by atoms with Crippen molar-refractivity contribution in [2.45, 2.75) is 25.4 Å². The van der Waals surface area contributed by atoms with Gasteiger partial charge in [0.2, 0.25) is 5.91 Å². The van der Waals surface area contributed by atoms with E-state index in [2.05, 4.69) is 15.6 Å². The zero-order valence-corrected chi connectivity index (χ0v) is 13.6. The molecular formula is C18H19FN4O2. The maximum atomic E-state index is 13.4. The van der Waals surface area contributed by atoms with E-state index in [1.54, 1.807) is 36.7 Å². The Morgan fingerprint density at radius 1 is 1.28 bits per heavy atom. The standard InChI is InChI=1S/C18H19FN4O2/c19-14-3-1-4-15(11-14)23-10-2-5-16(17(23)24)22-18(25)21-12-13-6-8-20-9-7-13/h1,3-4,6-9,11,16H,2,5,10,12H2,(H2,21,22,25)/t16-/m1/s1. The van der Waals surface area contributed by atoms with Gasteiger partial charge in [-0.15, -0.1) is 0 Å². The minimum Gasteiger partial charge on any atom is -0.334 e. The molecule has 3 rings (SSSR count). The number of pyridine rings is 1. The predicted octanol–water partition coefficient (Wildman–Crippen LogP) is 2.22. The molecule has 2 aromatic rings. The molecule has 0 aliphatic carbocycles. The van der Waals surface area contributed by atoms with Gasteiger partial charge in [-0.05, 0) is 48.7 Å². The second-order valence-corrected chi connectivity index (χ2v) is 5.85. The van der Waals surface area contributed by atoms with Crippen LogP contribution in [0, 0.1) is 5.82 Å². The van der Waals surface area contributed by atoms with Crippen molar-refractivity contribution in [1.82, 2.24) is 15.6 Å². The molecule has 3 amide bonds. The third-order valence-corrected chi connectivity index (χ3v) is 4.07. The second-order valence-electron chi connectivity index (χ2n) is 5.85. The molecule has 7 heteroatoms. The lowest BCUT2D eigenvalue weighted by atomic mass is 10.0. The van der Waals surface area contributed by atoms with E-state index in [1.807, 2.05) is 0 Å². The molecule has 0 spiro atoms. The molecule has 1 aromatic heterocycles. The topological polar surface area (TPSA) is 74.3 Å². The Morgan fingerprint density at radius 3 is 2.84 bits per heavy atom. The Bertz CT molecular complexity index is 754. The van der Waals surface area contributed by atoms with Crippen molar-refractivity contribution in [2.75, 3.05) is 11.4 Å². The van der Waals surface area contributed by atoms with Gasteiger partial charge >= 0.3 is 6.03 Å². The Labute approximate surface area is 145 Å². The molecular weight excluding hydrogens is 323 g/mol. The molecule has 1 saturated heterocycles. The van der Waals surface area contributed by atoms with Gasteiger partial charge in [-0.2, -0.15) is 0 Å². The molecule has 1 fully saturated rings. The van der Waals surface area contributed by atoms with Crippen molar-refractivity contribution in [3.63, 3.8) is 0 Å². The molecule has 1 aliphatic heterocycles.